The molecule has 0 aromatic heterocycles. The third-order valence-corrected chi connectivity index (χ3v) is 4.54. The Kier molecular flexibility index (Phi) is 9.72. The van der Waals surface area contributed by atoms with Gasteiger partial charge in [-0.2, -0.15) is 13.5 Å². The maximum absolute atomic E-state index is 12.4. The maximum atomic E-state index is 12.4. The lowest BCUT2D eigenvalue weighted by atomic mass is 10.2. The van der Waals surface area contributed by atoms with Crippen LogP contribution in [-0.2, 0) is 10.1 Å². The van der Waals surface area contributed by atoms with E-state index in [0.717, 1.165) is 11.1 Å². The number of nitrogens with zero attached hydrogens (tertiary/aromatic N) is 2. The Hall–Kier alpha value is -3.87. The molecule has 0 radical (unpaired) electrons. The van der Waals surface area contributed by atoms with Crippen molar-refractivity contribution in [3.63, 3.8) is 0 Å². The Morgan fingerprint density at radius 1 is 1.26 bits per heavy atom. The molecule has 0 bridgehead atoms. The lowest BCUT2D eigenvalue weighted by molar-refractivity contribution is -0.742. The van der Waals surface area contributed by atoms with Crippen molar-refractivity contribution in [3.05, 3.63) is 63.7 Å². The van der Waals surface area contributed by atoms with Crippen molar-refractivity contribution in [1.29, 1.82) is 5.41 Å². The van der Waals surface area contributed by atoms with Gasteiger partial charge >= 0.3 is 10.1 Å². The second-order valence-corrected chi connectivity index (χ2v) is 7.59. The molecular weight excluding hydrogens is 430 g/mol. The van der Waals surface area contributed by atoms with Gasteiger partial charge in [0.25, 0.3) is 5.09 Å². The SMILES string of the molecule is Cc1cc(OCC/C=N\NC(=N)N)cc(OS(=O)(=O)c2cccc(C)c2)c1.O=[N+]([O-])O. The summed E-state index contributed by atoms with van der Waals surface area (Å²) in [4.78, 5) is 8.46. The first-order valence-corrected chi connectivity index (χ1v) is 10.1. The van der Waals surface area contributed by atoms with Crippen LogP contribution in [0.25, 0.3) is 0 Å². The molecule has 0 saturated carbocycles. The summed E-state index contributed by atoms with van der Waals surface area (Å²) in [5, 5.41) is 24.3. The highest BCUT2D eigenvalue weighted by Gasteiger charge is 2.17. The minimum Gasteiger partial charge on any atom is -0.493 e. The number of guanidine groups is 1. The van der Waals surface area contributed by atoms with Crippen molar-refractivity contribution in [2.24, 2.45) is 10.8 Å². The van der Waals surface area contributed by atoms with Crippen LogP contribution in [0.4, 0.5) is 0 Å². The lowest BCUT2D eigenvalue weighted by Crippen LogP contribution is -2.25. The molecule has 0 aliphatic rings. The van der Waals surface area contributed by atoms with Crippen LogP contribution in [0.2, 0.25) is 0 Å². The Balaban J connectivity index is 0.00000110. The van der Waals surface area contributed by atoms with E-state index >= 15 is 0 Å². The monoisotopic (exact) mass is 453 g/mol. The average molecular weight is 453 g/mol. The molecule has 0 unspecified atom stereocenters. The van der Waals surface area contributed by atoms with Crippen molar-refractivity contribution >= 4 is 22.3 Å². The van der Waals surface area contributed by atoms with Crippen molar-refractivity contribution in [3.8, 4) is 11.5 Å². The summed E-state index contributed by atoms with van der Waals surface area (Å²) >= 11 is 0. The fourth-order valence-corrected chi connectivity index (χ4v) is 3.22. The molecule has 31 heavy (non-hydrogen) atoms. The molecule has 0 heterocycles. The predicted octanol–water partition coefficient (Wildman–Crippen LogP) is 1.96. The second-order valence-electron chi connectivity index (χ2n) is 6.05. The summed E-state index contributed by atoms with van der Waals surface area (Å²) in [6.45, 7) is 3.95. The molecule has 0 amide bonds. The standard InChI is InChI=1S/C18H22N4O4S.HNO3/c1-13-5-3-6-17(11-13)27(23,24)26-16-10-14(2)9-15(12-16)25-8-4-7-21-22-18(19)20;2-1(3)4/h3,5-7,9-12H,4,8H2,1-2H3,(H4,19,20,22);(H,2,3,4)/b21-7-;. The van der Waals surface area contributed by atoms with E-state index in [9.17, 15) is 8.42 Å². The zero-order chi connectivity index (χ0) is 23.4. The van der Waals surface area contributed by atoms with Gasteiger partial charge in [0.15, 0.2) is 0 Å². The quantitative estimate of drug-likeness (QED) is 0.115. The molecule has 2 aromatic carbocycles. The fourth-order valence-electron chi connectivity index (χ4n) is 2.20. The van der Waals surface area contributed by atoms with Gasteiger partial charge in [-0.1, -0.05) is 12.1 Å². The fraction of sp³-hybridized carbons (Fsp3) is 0.222. The molecule has 0 fully saturated rings. The molecule has 2 aromatic rings. The normalized spacial score (nSPS) is 10.6. The molecule has 0 aliphatic heterocycles. The zero-order valence-electron chi connectivity index (χ0n) is 16.8. The largest absolute Gasteiger partial charge is 0.493 e. The molecule has 0 aliphatic carbocycles. The van der Waals surface area contributed by atoms with Crippen molar-refractivity contribution in [2.45, 2.75) is 25.2 Å². The van der Waals surface area contributed by atoms with Crippen LogP contribution in [0.15, 0.2) is 52.5 Å². The summed E-state index contributed by atoms with van der Waals surface area (Å²) in [6.07, 6.45) is 2.00. The first-order chi connectivity index (χ1) is 14.5. The Morgan fingerprint density at radius 3 is 2.52 bits per heavy atom. The summed E-state index contributed by atoms with van der Waals surface area (Å²) in [5.41, 5.74) is 9.02. The van der Waals surface area contributed by atoms with E-state index in [2.05, 4.69) is 10.5 Å². The van der Waals surface area contributed by atoms with E-state index in [4.69, 9.17) is 35.4 Å². The first kappa shape index (κ1) is 25.2. The van der Waals surface area contributed by atoms with Gasteiger partial charge in [-0.25, -0.2) is 5.43 Å². The van der Waals surface area contributed by atoms with E-state index in [-0.39, 0.29) is 16.6 Å². The average Bonchev–Trinajstić information content (AvgIpc) is 2.63. The Labute approximate surface area is 179 Å². The summed E-state index contributed by atoms with van der Waals surface area (Å²) in [5.74, 6) is 0.415. The van der Waals surface area contributed by atoms with E-state index in [1.54, 1.807) is 24.3 Å². The minimum absolute atomic E-state index is 0.0978. The van der Waals surface area contributed by atoms with E-state index in [0.29, 0.717) is 18.8 Å². The van der Waals surface area contributed by atoms with Crippen LogP contribution in [-0.4, -0.2) is 37.5 Å². The third-order valence-electron chi connectivity index (χ3n) is 3.30. The summed E-state index contributed by atoms with van der Waals surface area (Å²) in [7, 11) is -3.93. The van der Waals surface area contributed by atoms with Gasteiger partial charge in [-0.05, 0) is 49.2 Å². The molecule has 168 valence electrons. The summed E-state index contributed by atoms with van der Waals surface area (Å²) < 4.78 is 35.7. The van der Waals surface area contributed by atoms with Crippen LogP contribution in [0.3, 0.4) is 0 Å². The first-order valence-electron chi connectivity index (χ1n) is 8.70. The summed E-state index contributed by atoms with van der Waals surface area (Å²) in [6, 6.07) is 11.4. The molecular formula is C18H23N5O7S. The number of benzene rings is 2. The van der Waals surface area contributed by atoms with Crippen molar-refractivity contribution in [2.75, 3.05) is 6.61 Å². The van der Waals surface area contributed by atoms with Crippen molar-refractivity contribution in [1.82, 2.24) is 5.43 Å². The number of nitrogens with one attached hydrogen (secondary N) is 2. The highest BCUT2D eigenvalue weighted by atomic mass is 32.2. The number of rotatable bonds is 8. The van der Waals surface area contributed by atoms with Gasteiger partial charge in [0, 0.05) is 18.7 Å². The van der Waals surface area contributed by atoms with Crippen LogP contribution in [0.1, 0.15) is 17.5 Å². The molecule has 13 heteroatoms. The molecule has 0 spiro atoms. The number of hydrogen-bond donors (Lipinski definition) is 4. The molecule has 0 saturated heterocycles. The second kappa shape index (κ2) is 12.0. The highest BCUT2D eigenvalue weighted by molar-refractivity contribution is 7.87. The topological polar surface area (TPSA) is 190 Å². The smallest absolute Gasteiger partial charge is 0.339 e. The maximum Gasteiger partial charge on any atom is 0.339 e. The van der Waals surface area contributed by atoms with Crippen LogP contribution < -0.4 is 20.1 Å². The van der Waals surface area contributed by atoms with Crippen LogP contribution >= 0.6 is 0 Å². The number of hydrogen-bond acceptors (Lipinski definition) is 8. The van der Waals surface area contributed by atoms with Gasteiger partial charge in [-0.3, -0.25) is 5.41 Å². The van der Waals surface area contributed by atoms with E-state index < -0.39 is 15.2 Å². The molecule has 12 nitrogen and oxygen atoms in total. The Morgan fingerprint density at radius 2 is 1.90 bits per heavy atom. The Bertz CT molecular complexity index is 1040. The van der Waals surface area contributed by atoms with Gasteiger partial charge in [-0.15, -0.1) is 10.1 Å². The van der Waals surface area contributed by atoms with Crippen LogP contribution in [0, 0.1) is 29.4 Å². The molecule has 5 N–H and O–H groups in total. The minimum atomic E-state index is -3.93. The number of ether oxygens (including phenoxy) is 1. The van der Waals surface area contributed by atoms with Crippen LogP contribution in [0.5, 0.6) is 11.5 Å². The van der Waals surface area contributed by atoms with Gasteiger partial charge in [0.2, 0.25) is 5.96 Å². The third kappa shape index (κ3) is 10.5. The number of nitrogens with two attached hydrogens (primary N) is 1. The van der Waals surface area contributed by atoms with Gasteiger partial charge in [0.05, 0.1) is 6.61 Å². The molecule has 2 rings (SSSR count). The van der Waals surface area contributed by atoms with Crippen molar-refractivity contribution < 1.29 is 27.6 Å². The van der Waals surface area contributed by atoms with Gasteiger partial charge in [0.1, 0.15) is 16.4 Å². The highest BCUT2D eigenvalue weighted by Crippen LogP contribution is 2.26. The lowest BCUT2D eigenvalue weighted by Gasteiger charge is -2.11. The predicted molar refractivity (Wildman–Crippen MR) is 113 cm³/mol. The number of aryl methyl sites for hydroxylation is 2. The molecule has 0 atom stereocenters. The number of hydrazone groups is 1. The van der Waals surface area contributed by atoms with Gasteiger partial charge < -0.3 is 19.9 Å². The zero-order valence-corrected chi connectivity index (χ0v) is 17.6. The van der Waals surface area contributed by atoms with E-state index in [1.165, 1.54) is 18.3 Å². The van der Waals surface area contributed by atoms with E-state index in [1.807, 2.05) is 19.9 Å².